The Morgan fingerprint density at radius 3 is 2.68 bits per heavy atom. The SMILES string of the molecule is Cc1ccc(-c2cccc(CN3CCC[C@H]3C(=O)O)c2)cc1. The number of aryl methyl sites for hydroxylation is 1. The van der Waals surface area contributed by atoms with E-state index in [0.29, 0.717) is 6.54 Å². The fourth-order valence-corrected chi connectivity index (χ4v) is 3.12. The van der Waals surface area contributed by atoms with Crippen LogP contribution in [0.15, 0.2) is 48.5 Å². The molecule has 1 N–H and O–H groups in total. The van der Waals surface area contributed by atoms with E-state index in [1.165, 1.54) is 22.3 Å². The maximum Gasteiger partial charge on any atom is 0.320 e. The molecule has 2 aromatic carbocycles. The van der Waals surface area contributed by atoms with Crippen LogP contribution in [0.5, 0.6) is 0 Å². The molecule has 0 unspecified atom stereocenters. The Hall–Kier alpha value is -2.13. The van der Waals surface area contributed by atoms with Gasteiger partial charge in [-0.1, -0.05) is 48.0 Å². The van der Waals surface area contributed by atoms with Crippen LogP contribution in [0, 0.1) is 6.92 Å². The van der Waals surface area contributed by atoms with E-state index in [0.717, 1.165) is 19.4 Å². The lowest BCUT2D eigenvalue weighted by Crippen LogP contribution is -2.35. The predicted molar refractivity (Wildman–Crippen MR) is 87.7 cm³/mol. The molecule has 1 heterocycles. The van der Waals surface area contributed by atoms with Gasteiger partial charge in [-0.25, -0.2) is 0 Å². The van der Waals surface area contributed by atoms with Crippen LogP contribution in [0.3, 0.4) is 0 Å². The van der Waals surface area contributed by atoms with E-state index in [1.807, 2.05) is 0 Å². The number of carboxylic acid groups (broad SMARTS) is 1. The van der Waals surface area contributed by atoms with Gasteiger partial charge in [-0.05, 0) is 49.1 Å². The zero-order chi connectivity index (χ0) is 15.5. The molecule has 3 heteroatoms. The second-order valence-electron chi connectivity index (χ2n) is 6.03. The number of benzene rings is 2. The second kappa shape index (κ2) is 6.32. The summed E-state index contributed by atoms with van der Waals surface area (Å²) in [6, 6.07) is 16.6. The van der Waals surface area contributed by atoms with Crippen molar-refractivity contribution < 1.29 is 9.90 Å². The molecule has 22 heavy (non-hydrogen) atoms. The zero-order valence-electron chi connectivity index (χ0n) is 12.8. The van der Waals surface area contributed by atoms with Crippen molar-refractivity contribution in [2.24, 2.45) is 0 Å². The van der Waals surface area contributed by atoms with Crippen LogP contribution in [-0.2, 0) is 11.3 Å². The third-order valence-corrected chi connectivity index (χ3v) is 4.35. The molecule has 1 saturated heterocycles. The fourth-order valence-electron chi connectivity index (χ4n) is 3.12. The highest BCUT2D eigenvalue weighted by Gasteiger charge is 2.30. The van der Waals surface area contributed by atoms with E-state index >= 15 is 0 Å². The van der Waals surface area contributed by atoms with E-state index in [-0.39, 0.29) is 6.04 Å². The largest absolute Gasteiger partial charge is 0.480 e. The molecule has 114 valence electrons. The summed E-state index contributed by atoms with van der Waals surface area (Å²) in [4.78, 5) is 13.3. The Morgan fingerprint density at radius 2 is 1.95 bits per heavy atom. The lowest BCUT2D eigenvalue weighted by Gasteiger charge is -2.21. The summed E-state index contributed by atoms with van der Waals surface area (Å²) < 4.78 is 0. The highest BCUT2D eigenvalue weighted by Crippen LogP contribution is 2.24. The molecule has 0 radical (unpaired) electrons. The zero-order valence-corrected chi connectivity index (χ0v) is 12.8. The van der Waals surface area contributed by atoms with Crippen molar-refractivity contribution in [2.75, 3.05) is 6.54 Å². The van der Waals surface area contributed by atoms with Gasteiger partial charge in [0.05, 0.1) is 0 Å². The molecular weight excluding hydrogens is 274 g/mol. The van der Waals surface area contributed by atoms with Crippen LogP contribution in [-0.4, -0.2) is 28.6 Å². The smallest absolute Gasteiger partial charge is 0.320 e. The number of likely N-dealkylation sites (tertiary alicyclic amines) is 1. The summed E-state index contributed by atoms with van der Waals surface area (Å²) in [5.74, 6) is -0.702. The van der Waals surface area contributed by atoms with Gasteiger partial charge in [-0.2, -0.15) is 0 Å². The first-order chi connectivity index (χ1) is 10.6. The minimum absolute atomic E-state index is 0.331. The molecule has 0 bridgehead atoms. The highest BCUT2D eigenvalue weighted by atomic mass is 16.4. The first kappa shape index (κ1) is 14.8. The van der Waals surface area contributed by atoms with Crippen LogP contribution < -0.4 is 0 Å². The lowest BCUT2D eigenvalue weighted by atomic mass is 10.0. The normalized spacial score (nSPS) is 18.5. The average Bonchev–Trinajstić information content (AvgIpc) is 2.96. The summed E-state index contributed by atoms with van der Waals surface area (Å²) in [7, 11) is 0. The summed E-state index contributed by atoms with van der Waals surface area (Å²) in [6.45, 7) is 3.65. The predicted octanol–water partition coefficient (Wildman–Crippen LogP) is 3.71. The molecular formula is C19H21NO2. The summed E-state index contributed by atoms with van der Waals surface area (Å²) >= 11 is 0. The van der Waals surface area contributed by atoms with Crippen molar-refractivity contribution in [2.45, 2.75) is 32.4 Å². The van der Waals surface area contributed by atoms with Crippen molar-refractivity contribution in [1.82, 2.24) is 4.90 Å². The fraction of sp³-hybridized carbons (Fsp3) is 0.316. The van der Waals surface area contributed by atoms with Gasteiger partial charge in [0.2, 0.25) is 0 Å². The highest BCUT2D eigenvalue weighted by molar-refractivity contribution is 5.73. The second-order valence-corrected chi connectivity index (χ2v) is 6.03. The minimum Gasteiger partial charge on any atom is -0.480 e. The third kappa shape index (κ3) is 3.20. The van der Waals surface area contributed by atoms with Gasteiger partial charge in [0.25, 0.3) is 0 Å². The molecule has 1 aliphatic rings. The monoisotopic (exact) mass is 295 g/mol. The van der Waals surface area contributed by atoms with Crippen LogP contribution in [0.4, 0.5) is 0 Å². The minimum atomic E-state index is -0.702. The molecule has 1 aliphatic heterocycles. The summed E-state index contributed by atoms with van der Waals surface area (Å²) in [5, 5.41) is 9.28. The molecule has 1 fully saturated rings. The number of nitrogens with zero attached hydrogens (tertiary/aromatic N) is 1. The topological polar surface area (TPSA) is 40.5 Å². The van der Waals surface area contributed by atoms with Gasteiger partial charge in [-0.15, -0.1) is 0 Å². The van der Waals surface area contributed by atoms with Crippen molar-refractivity contribution in [3.05, 3.63) is 59.7 Å². The number of rotatable bonds is 4. The number of hydrogen-bond donors (Lipinski definition) is 1. The van der Waals surface area contributed by atoms with E-state index in [2.05, 4.69) is 60.4 Å². The quantitative estimate of drug-likeness (QED) is 0.934. The van der Waals surface area contributed by atoms with Crippen molar-refractivity contribution in [1.29, 1.82) is 0 Å². The van der Waals surface area contributed by atoms with Gasteiger partial charge in [0.1, 0.15) is 6.04 Å². The lowest BCUT2D eigenvalue weighted by molar-refractivity contribution is -0.142. The Morgan fingerprint density at radius 1 is 1.18 bits per heavy atom. The Kier molecular flexibility index (Phi) is 4.25. The molecule has 3 rings (SSSR count). The first-order valence-electron chi connectivity index (χ1n) is 7.76. The first-order valence-corrected chi connectivity index (χ1v) is 7.76. The van der Waals surface area contributed by atoms with Gasteiger partial charge in [0, 0.05) is 6.54 Å². The molecule has 0 saturated carbocycles. The van der Waals surface area contributed by atoms with E-state index in [1.54, 1.807) is 0 Å². The van der Waals surface area contributed by atoms with Crippen LogP contribution in [0.25, 0.3) is 11.1 Å². The Labute approximate surface area is 131 Å². The van der Waals surface area contributed by atoms with Gasteiger partial charge in [0.15, 0.2) is 0 Å². The summed E-state index contributed by atoms with van der Waals surface area (Å²) in [6.07, 6.45) is 1.72. The molecule has 0 spiro atoms. The van der Waals surface area contributed by atoms with Crippen LogP contribution in [0.1, 0.15) is 24.0 Å². The van der Waals surface area contributed by atoms with E-state index in [4.69, 9.17) is 0 Å². The number of carbonyl (C=O) groups is 1. The van der Waals surface area contributed by atoms with Crippen LogP contribution >= 0.6 is 0 Å². The molecule has 3 nitrogen and oxygen atoms in total. The molecule has 0 amide bonds. The van der Waals surface area contributed by atoms with Gasteiger partial charge < -0.3 is 5.11 Å². The van der Waals surface area contributed by atoms with E-state index in [9.17, 15) is 9.90 Å². The Bertz CT molecular complexity index is 663. The maximum absolute atomic E-state index is 11.3. The van der Waals surface area contributed by atoms with Gasteiger partial charge >= 0.3 is 5.97 Å². The van der Waals surface area contributed by atoms with Crippen molar-refractivity contribution in [3.63, 3.8) is 0 Å². The standard InChI is InChI=1S/C19H21NO2/c1-14-7-9-16(10-8-14)17-5-2-4-15(12-17)13-20-11-3-6-18(20)19(21)22/h2,4-5,7-10,12,18H,3,6,11,13H2,1H3,(H,21,22)/t18-/m0/s1. The molecule has 2 aromatic rings. The third-order valence-electron chi connectivity index (χ3n) is 4.35. The average molecular weight is 295 g/mol. The molecule has 0 aliphatic carbocycles. The number of carboxylic acids is 1. The molecule has 1 atom stereocenters. The van der Waals surface area contributed by atoms with Crippen LogP contribution in [0.2, 0.25) is 0 Å². The van der Waals surface area contributed by atoms with Gasteiger partial charge in [-0.3, -0.25) is 9.69 Å². The van der Waals surface area contributed by atoms with Crippen molar-refractivity contribution >= 4 is 5.97 Å². The number of aliphatic carboxylic acids is 1. The number of hydrogen-bond acceptors (Lipinski definition) is 2. The Balaban J connectivity index is 1.79. The maximum atomic E-state index is 11.3. The summed E-state index contributed by atoms with van der Waals surface area (Å²) in [5.41, 5.74) is 4.81. The molecule has 0 aromatic heterocycles. The van der Waals surface area contributed by atoms with Crippen molar-refractivity contribution in [3.8, 4) is 11.1 Å². The van der Waals surface area contributed by atoms with E-state index < -0.39 is 5.97 Å².